The van der Waals surface area contributed by atoms with Crippen LogP contribution >= 0.6 is 0 Å². The number of aryl methyl sites for hydroxylation is 1. The van der Waals surface area contributed by atoms with E-state index < -0.39 is 0 Å². The van der Waals surface area contributed by atoms with Crippen LogP contribution in [0, 0.1) is 6.92 Å². The number of unbranched alkanes of at least 4 members (excludes halogenated alkanes) is 40. The van der Waals surface area contributed by atoms with Gasteiger partial charge in [-0.3, -0.25) is 9.59 Å². The minimum absolute atomic E-state index is 0.221. The maximum Gasteiger partial charge on any atom is 0.311 e. The van der Waals surface area contributed by atoms with Gasteiger partial charge in [0.1, 0.15) is 12.0 Å². The smallest absolute Gasteiger partial charge is 0.311 e. The predicted molar refractivity (Wildman–Crippen MR) is 249 cm³/mol. The Morgan fingerprint density at radius 2 is 0.586 bits per heavy atom. The summed E-state index contributed by atoms with van der Waals surface area (Å²) < 4.78 is 16.6. The van der Waals surface area contributed by atoms with Crippen molar-refractivity contribution >= 4 is 11.9 Å². The standard InChI is InChI=1S/C53H98O5/c1-4-6-8-10-12-14-16-18-20-22-24-26-28-30-32-34-36-38-40-42-44-46-51(54)57-50-48-56-49(3)53(50)58-52(55)47-45-43-41-39-37-35-33-31-29-27-25-23-21-19-17-15-13-11-9-7-5-2/h48H,4-47H2,1-3H3. The van der Waals surface area contributed by atoms with Gasteiger partial charge in [-0.15, -0.1) is 0 Å². The van der Waals surface area contributed by atoms with Crippen molar-refractivity contribution in [1.29, 1.82) is 0 Å². The average molecular weight is 815 g/mol. The van der Waals surface area contributed by atoms with Crippen molar-refractivity contribution in [3.63, 3.8) is 0 Å². The third-order valence-corrected chi connectivity index (χ3v) is 12.3. The molecule has 0 spiro atoms. The van der Waals surface area contributed by atoms with Gasteiger partial charge in [-0.05, 0) is 19.8 Å². The Bertz CT molecular complexity index is 1010. The summed E-state index contributed by atoms with van der Waals surface area (Å²) in [6.07, 6.45) is 58.5. The lowest BCUT2D eigenvalue weighted by atomic mass is 10.0. The van der Waals surface area contributed by atoms with Gasteiger partial charge in [-0.25, -0.2) is 0 Å². The van der Waals surface area contributed by atoms with Crippen molar-refractivity contribution < 1.29 is 23.5 Å². The quantitative estimate of drug-likeness (QED) is 0.0484. The second kappa shape index (κ2) is 43.3. The highest BCUT2D eigenvalue weighted by Crippen LogP contribution is 2.34. The zero-order valence-corrected chi connectivity index (χ0v) is 39.2. The number of hydrogen-bond acceptors (Lipinski definition) is 5. The summed E-state index contributed by atoms with van der Waals surface area (Å²) in [5, 5.41) is 0. The van der Waals surface area contributed by atoms with E-state index in [-0.39, 0.29) is 23.4 Å². The third kappa shape index (κ3) is 36.1. The lowest BCUT2D eigenvalue weighted by Crippen LogP contribution is -2.11. The number of hydrogen-bond donors (Lipinski definition) is 0. The molecule has 0 N–H and O–H groups in total. The molecule has 0 amide bonds. The van der Waals surface area contributed by atoms with E-state index in [0.717, 1.165) is 25.7 Å². The van der Waals surface area contributed by atoms with Crippen LogP contribution in [0.15, 0.2) is 10.7 Å². The van der Waals surface area contributed by atoms with Crippen molar-refractivity contribution in [2.75, 3.05) is 0 Å². The topological polar surface area (TPSA) is 65.7 Å². The molecule has 0 fully saturated rings. The van der Waals surface area contributed by atoms with E-state index in [9.17, 15) is 9.59 Å². The summed E-state index contributed by atoms with van der Waals surface area (Å²) in [4.78, 5) is 25.1. The van der Waals surface area contributed by atoms with Gasteiger partial charge in [0.2, 0.25) is 11.5 Å². The summed E-state index contributed by atoms with van der Waals surface area (Å²) in [6.45, 7) is 6.32. The van der Waals surface area contributed by atoms with Crippen molar-refractivity contribution in [2.45, 2.75) is 303 Å². The van der Waals surface area contributed by atoms with Crippen LogP contribution in [-0.4, -0.2) is 11.9 Å². The molecule has 0 aromatic carbocycles. The molecular formula is C53H98O5. The van der Waals surface area contributed by atoms with Crippen LogP contribution in [0.3, 0.4) is 0 Å². The summed E-state index contributed by atoms with van der Waals surface area (Å²) in [7, 11) is 0. The fraction of sp³-hybridized carbons (Fsp3) is 0.887. The van der Waals surface area contributed by atoms with Crippen LogP contribution in [0.25, 0.3) is 0 Å². The van der Waals surface area contributed by atoms with Crippen molar-refractivity contribution in [1.82, 2.24) is 0 Å². The average Bonchev–Trinajstić information content (AvgIpc) is 3.55. The Labute approximate surface area is 361 Å². The van der Waals surface area contributed by atoms with E-state index in [1.165, 1.54) is 250 Å². The van der Waals surface area contributed by atoms with E-state index in [2.05, 4.69) is 13.8 Å². The van der Waals surface area contributed by atoms with Gasteiger partial charge in [0.25, 0.3) is 0 Å². The van der Waals surface area contributed by atoms with E-state index in [1.54, 1.807) is 6.92 Å². The monoisotopic (exact) mass is 815 g/mol. The Morgan fingerprint density at radius 1 is 0.362 bits per heavy atom. The first-order valence-electron chi connectivity index (χ1n) is 26.1. The third-order valence-electron chi connectivity index (χ3n) is 12.3. The van der Waals surface area contributed by atoms with Gasteiger partial charge in [0.05, 0.1) is 0 Å². The molecular weight excluding hydrogens is 717 g/mol. The van der Waals surface area contributed by atoms with E-state index in [4.69, 9.17) is 13.9 Å². The molecule has 1 aromatic heterocycles. The Morgan fingerprint density at radius 3 is 0.845 bits per heavy atom. The maximum atomic E-state index is 12.6. The van der Waals surface area contributed by atoms with Crippen LogP contribution in [0.1, 0.15) is 302 Å². The van der Waals surface area contributed by atoms with Gasteiger partial charge >= 0.3 is 11.9 Å². The first kappa shape index (κ1) is 54.2. The van der Waals surface area contributed by atoms with Crippen LogP contribution in [-0.2, 0) is 9.59 Å². The van der Waals surface area contributed by atoms with Crippen LogP contribution in [0.2, 0.25) is 0 Å². The highest BCUT2D eigenvalue weighted by Gasteiger charge is 2.19. The molecule has 0 radical (unpaired) electrons. The van der Waals surface area contributed by atoms with Crippen LogP contribution < -0.4 is 9.47 Å². The van der Waals surface area contributed by atoms with E-state index in [1.807, 2.05) is 0 Å². The number of esters is 2. The molecule has 5 nitrogen and oxygen atoms in total. The molecule has 0 atom stereocenters. The summed E-state index contributed by atoms with van der Waals surface area (Å²) in [5.41, 5.74) is 0. The molecule has 0 aliphatic heterocycles. The molecule has 1 rings (SSSR count). The second-order valence-corrected chi connectivity index (χ2v) is 18.1. The van der Waals surface area contributed by atoms with E-state index in [0.29, 0.717) is 18.6 Å². The highest BCUT2D eigenvalue weighted by atomic mass is 16.6. The molecule has 340 valence electrons. The largest absolute Gasteiger partial charge is 0.462 e. The van der Waals surface area contributed by atoms with Gasteiger partial charge in [0.15, 0.2) is 0 Å². The number of rotatable bonds is 46. The lowest BCUT2D eigenvalue weighted by Gasteiger charge is -2.07. The van der Waals surface area contributed by atoms with Crippen LogP contribution in [0.4, 0.5) is 0 Å². The van der Waals surface area contributed by atoms with Crippen molar-refractivity contribution in [2.24, 2.45) is 0 Å². The minimum Gasteiger partial charge on any atom is -0.462 e. The van der Waals surface area contributed by atoms with Crippen molar-refractivity contribution in [3.05, 3.63) is 12.0 Å². The zero-order chi connectivity index (χ0) is 41.8. The molecule has 0 bridgehead atoms. The molecule has 0 unspecified atom stereocenters. The Balaban J connectivity index is 1.91. The summed E-state index contributed by atoms with van der Waals surface area (Å²) >= 11 is 0. The first-order chi connectivity index (χ1) is 28.6. The zero-order valence-electron chi connectivity index (χ0n) is 39.2. The number of carbonyl (C=O) groups is 2. The van der Waals surface area contributed by atoms with Gasteiger partial charge < -0.3 is 13.9 Å². The molecule has 1 heterocycles. The number of carbonyl (C=O) groups excluding carboxylic acids is 2. The molecule has 0 saturated carbocycles. The number of ether oxygens (including phenoxy) is 2. The normalized spacial score (nSPS) is 11.4. The molecule has 0 aliphatic rings. The second-order valence-electron chi connectivity index (χ2n) is 18.1. The Kier molecular flexibility index (Phi) is 40.5. The highest BCUT2D eigenvalue weighted by molar-refractivity contribution is 5.76. The minimum atomic E-state index is -0.291. The Hall–Kier alpha value is -1.78. The summed E-state index contributed by atoms with van der Waals surface area (Å²) in [5.74, 6) is 0.354. The van der Waals surface area contributed by atoms with Gasteiger partial charge in [0, 0.05) is 12.8 Å². The fourth-order valence-electron chi connectivity index (χ4n) is 8.36. The summed E-state index contributed by atoms with van der Waals surface area (Å²) in [6, 6.07) is 0. The van der Waals surface area contributed by atoms with Crippen molar-refractivity contribution in [3.8, 4) is 11.5 Å². The van der Waals surface area contributed by atoms with Gasteiger partial charge in [-0.1, -0.05) is 271 Å². The molecule has 0 aliphatic carbocycles. The molecule has 58 heavy (non-hydrogen) atoms. The molecule has 0 saturated heterocycles. The SMILES string of the molecule is CCCCCCCCCCCCCCCCCCCCCCCC(=O)Oc1coc(C)c1OC(=O)CCCCCCCCCCCCCCCCCCCCCCC. The number of furan rings is 1. The molecule has 5 heteroatoms. The van der Waals surface area contributed by atoms with Gasteiger partial charge in [-0.2, -0.15) is 0 Å². The lowest BCUT2D eigenvalue weighted by molar-refractivity contribution is -0.137. The predicted octanol–water partition coefficient (Wildman–Crippen LogP) is 18.6. The van der Waals surface area contributed by atoms with Crippen LogP contribution in [0.5, 0.6) is 11.5 Å². The van der Waals surface area contributed by atoms with E-state index >= 15 is 0 Å². The fourth-order valence-corrected chi connectivity index (χ4v) is 8.36. The maximum absolute atomic E-state index is 12.6. The molecule has 1 aromatic rings. The first-order valence-corrected chi connectivity index (χ1v) is 26.1.